The van der Waals surface area contributed by atoms with Gasteiger partial charge in [0.2, 0.25) is 5.91 Å². The molecule has 1 fully saturated rings. The number of amides is 1. The van der Waals surface area contributed by atoms with Crippen LogP contribution < -0.4 is 11.1 Å². The summed E-state index contributed by atoms with van der Waals surface area (Å²) in [6, 6.07) is -0.137. The van der Waals surface area contributed by atoms with Crippen LogP contribution in [0.1, 0.15) is 33.1 Å². The largest absolute Gasteiger partial charge is 0.368 e. The monoisotopic (exact) mass is 170 g/mol. The van der Waals surface area contributed by atoms with Gasteiger partial charge in [0, 0.05) is 6.54 Å². The molecular formula is C9H18N2O. The predicted molar refractivity (Wildman–Crippen MR) is 48.6 cm³/mol. The molecule has 1 rings (SSSR count). The quantitative estimate of drug-likeness (QED) is 0.636. The predicted octanol–water partition coefficient (Wildman–Crippen LogP) is 0.640. The van der Waals surface area contributed by atoms with Gasteiger partial charge in [0.25, 0.3) is 0 Å². The molecule has 0 radical (unpaired) electrons. The van der Waals surface area contributed by atoms with E-state index in [2.05, 4.69) is 12.2 Å². The van der Waals surface area contributed by atoms with Gasteiger partial charge in [-0.1, -0.05) is 13.8 Å². The number of nitrogens with one attached hydrogen (secondary N) is 1. The molecule has 1 aliphatic rings. The van der Waals surface area contributed by atoms with Crippen molar-refractivity contribution in [2.75, 3.05) is 6.54 Å². The van der Waals surface area contributed by atoms with Crippen molar-refractivity contribution in [2.45, 2.75) is 39.2 Å². The van der Waals surface area contributed by atoms with Crippen LogP contribution in [0.4, 0.5) is 0 Å². The van der Waals surface area contributed by atoms with Crippen LogP contribution in [0, 0.1) is 5.41 Å². The van der Waals surface area contributed by atoms with Gasteiger partial charge in [-0.15, -0.1) is 0 Å². The molecule has 0 aliphatic heterocycles. The summed E-state index contributed by atoms with van der Waals surface area (Å²) in [6.07, 6.45) is 3.33. The van der Waals surface area contributed by atoms with Crippen LogP contribution in [0.5, 0.6) is 0 Å². The minimum Gasteiger partial charge on any atom is -0.368 e. The summed E-state index contributed by atoms with van der Waals surface area (Å²) in [5.74, 6) is -0.234. The number of primary amides is 1. The Balaban J connectivity index is 2.23. The third-order valence-corrected chi connectivity index (χ3v) is 2.63. The Hall–Kier alpha value is -0.570. The van der Waals surface area contributed by atoms with Gasteiger partial charge in [0.1, 0.15) is 0 Å². The van der Waals surface area contributed by atoms with Gasteiger partial charge in [-0.05, 0) is 24.7 Å². The van der Waals surface area contributed by atoms with Crippen LogP contribution in [0.15, 0.2) is 0 Å². The molecule has 3 heteroatoms. The SMILES string of the molecule is CCC(NCC1(C)CC1)C(N)=O. The number of carbonyl (C=O) groups is 1. The van der Waals surface area contributed by atoms with Gasteiger partial charge in [-0.2, -0.15) is 0 Å². The minimum absolute atomic E-state index is 0.137. The Bertz CT molecular complexity index is 175. The second-order valence-corrected chi connectivity index (χ2v) is 4.05. The number of carbonyl (C=O) groups excluding carboxylic acids is 1. The topological polar surface area (TPSA) is 55.1 Å². The average Bonchev–Trinajstić information content (AvgIpc) is 2.69. The van der Waals surface area contributed by atoms with Crippen LogP contribution in [0.25, 0.3) is 0 Å². The van der Waals surface area contributed by atoms with Gasteiger partial charge in [-0.25, -0.2) is 0 Å². The fraction of sp³-hybridized carbons (Fsp3) is 0.889. The fourth-order valence-electron chi connectivity index (χ4n) is 1.21. The van der Waals surface area contributed by atoms with E-state index in [0.29, 0.717) is 5.41 Å². The highest BCUT2D eigenvalue weighted by molar-refractivity contribution is 5.79. The molecule has 1 amide bonds. The van der Waals surface area contributed by atoms with E-state index in [9.17, 15) is 4.79 Å². The lowest BCUT2D eigenvalue weighted by Gasteiger charge is -2.16. The third kappa shape index (κ3) is 2.48. The van der Waals surface area contributed by atoms with Crippen molar-refractivity contribution in [1.29, 1.82) is 0 Å². The highest BCUT2D eigenvalue weighted by atomic mass is 16.1. The number of rotatable bonds is 5. The van der Waals surface area contributed by atoms with E-state index in [1.54, 1.807) is 0 Å². The van der Waals surface area contributed by atoms with Crippen molar-refractivity contribution in [3.63, 3.8) is 0 Å². The van der Waals surface area contributed by atoms with Gasteiger partial charge >= 0.3 is 0 Å². The van der Waals surface area contributed by atoms with E-state index in [1.807, 2.05) is 6.92 Å². The first-order valence-corrected chi connectivity index (χ1v) is 4.60. The fourth-order valence-corrected chi connectivity index (χ4v) is 1.21. The van der Waals surface area contributed by atoms with Crippen LogP contribution >= 0.6 is 0 Å². The van der Waals surface area contributed by atoms with Crippen molar-refractivity contribution < 1.29 is 4.79 Å². The molecular weight excluding hydrogens is 152 g/mol. The lowest BCUT2D eigenvalue weighted by atomic mass is 10.1. The molecule has 1 atom stereocenters. The van der Waals surface area contributed by atoms with Crippen molar-refractivity contribution >= 4 is 5.91 Å². The molecule has 3 N–H and O–H groups in total. The highest BCUT2D eigenvalue weighted by Gasteiger charge is 2.37. The van der Waals surface area contributed by atoms with E-state index in [1.165, 1.54) is 12.8 Å². The Labute approximate surface area is 73.7 Å². The van der Waals surface area contributed by atoms with Crippen LogP contribution in [0.2, 0.25) is 0 Å². The molecule has 0 aromatic heterocycles. The zero-order chi connectivity index (χ0) is 9.19. The molecule has 0 heterocycles. The van der Waals surface area contributed by atoms with Gasteiger partial charge in [-0.3, -0.25) is 4.79 Å². The summed E-state index contributed by atoms with van der Waals surface area (Å²) in [6.45, 7) is 5.12. The molecule has 1 aliphatic carbocycles. The highest BCUT2D eigenvalue weighted by Crippen LogP contribution is 2.44. The molecule has 0 saturated heterocycles. The lowest BCUT2D eigenvalue weighted by molar-refractivity contribution is -0.120. The third-order valence-electron chi connectivity index (χ3n) is 2.63. The molecule has 0 aromatic carbocycles. The molecule has 3 nitrogen and oxygen atoms in total. The molecule has 0 bridgehead atoms. The first kappa shape index (κ1) is 9.52. The van der Waals surface area contributed by atoms with Crippen molar-refractivity contribution in [3.8, 4) is 0 Å². The molecule has 1 unspecified atom stereocenters. The van der Waals surface area contributed by atoms with E-state index in [-0.39, 0.29) is 11.9 Å². The van der Waals surface area contributed by atoms with Gasteiger partial charge in [0.05, 0.1) is 6.04 Å². The zero-order valence-electron chi connectivity index (χ0n) is 7.89. The smallest absolute Gasteiger partial charge is 0.234 e. The first-order valence-electron chi connectivity index (χ1n) is 4.60. The van der Waals surface area contributed by atoms with E-state index < -0.39 is 0 Å². The van der Waals surface area contributed by atoms with E-state index >= 15 is 0 Å². The number of hydrogen-bond donors (Lipinski definition) is 2. The maximum atomic E-state index is 10.8. The summed E-state index contributed by atoms with van der Waals surface area (Å²) in [4.78, 5) is 10.8. The van der Waals surface area contributed by atoms with Crippen molar-refractivity contribution in [1.82, 2.24) is 5.32 Å². The summed E-state index contributed by atoms with van der Waals surface area (Å²) >= 11 is 0. The zero-order valence-corrected chi connectivity index (χ0v) is 7.89. The van der Waals surface area contributed by atoms with Gasteiger partial charge < -0.3 is 11.1 Å². The average molecular weight is 170 g/mol. The Morgan fingerprint density at radius 2 is 2.25 bits per heavy atom. The maximum Gasteiger partial charge on any atom is 0.234 e. The molecule has 12 heavy (non-hydrogen) atoms. The van der Waals surface area contributed by atoms with E-state index in [4.69, 9.17) is 5.73 Å². The number of hydrogen-bond acceptors (Lipinski definition) is 2. The summed E-state index contributed by atoms with van der Waals surface area (Å²) in [5, 5.41) is 3.20. The van der Waals surface area contributed by atoms with Gasteiger partial charge in [0.15, 0.2) is 0 Å². The normalized spacial score (nSPS) is 21.8. The number of nitrogens with two attached hydrogens (primary N) is 1. The minimum atomic E-state index is -0.234. The van der Waals surface area contributed by atoms with Crippen LogP contribution in [-0.4, -0.2) is 18.5 Å². The van der Waals surface area contributed by atoms with Crippen molar-refractivity contribution in [2.24, 2.45) is 11.1 Å². The second kappa shape index (κ2) is 3.44. The second-order valence-electron chi connectivity index (χ2n) is 4.05. The van der Waals surface area contributed by atoms with Crippen LogP contribution in [0.3, 0.4) is 0 Å². The summed E-state index contributed by atoms with van der Waals surface area (Å²) in [7, 11) is 0. The Morgan fingerprint density at radius 3 is 2.58 bits per heavy atom. The molecule has 0 aromatic rings. The lowest BCUT2D eigenvalue weighted by Crippen LogP contribution is -2.42. The first-order chi connectivity index (χ1) is 5.57. The maximum absolute atomic E-state index is 10.8. The standard InChI is InChI=1S/C9H18N2O/c1-3-7(8(10)12)11-6-9(2)4-5-9/h7,11H,3-6H2,1-2H3,(H2,10,12). The molecule has 0 spiro atoms. The van der Waals surface area contributed by atoms with E-state index in [0.717, 1.165) is 13.0 Å². The molecule has 1 saturated carbocycles. The Morgan fingerprint density at radius 1 is 1.67 bits per heavy atom. The van der Waals surface area contributed by atoms with Crippen molar-refractivity contribution in [3.05, 3.63) is 0 Å². The van der Waals surface area contributed by atoms with Crippen LogP contribution in [-0.2, 0) is 4.79 Å². The summed E-state index contributed by atoms with van der Waals surface area (Å²) in [5.41, 5.74) is 5.64. The molecule has 70 valence electrons. The summed E-state index contributed by atoms with van der Waals surface area (Å²) < 4.78 is 0. The Kier molecular flexibility index (Phi) is 2.73.